The van der Waals surface area contributed by atoms with Crippen LogP contribution in [0.25, 0.3) is 22.3 Å². The number of nitrogens with one attached hydrogen (secondary N) is 1. The zero-order valence-electron chi connectivity index (χ0n) is 30.2. The lowest BCUT2D eigenvalue weighted by atomic mass is 9.45. The Balaban J connectivity index is 1.23. The van der Waals surface area contributed by atoms with Crippen LogP contribution in [-0.2, 0) is 13.0 Å². The number of anilines is 1. The van der Waals surface area contributed by atoms with Crippen molar-refractivity contribution in [3.05, 3.63) is 82.7 Å². The van der Waals surface area contributed by atoms with Crippen molar-refractivity contribution in [3.63, 3.8) is 0 Å². The Morgan fingerprint density at radius 2 is 1.96 bits per heavy atom. The lowest BCUT2D eigenvalue weighted by Gasteiger charge is -2.61. The van der Waals surface area contributed by atoms with Crippen molar-refractivity contribution in [2.45, 2.75) is 72.5 Å². The maximum atomic E-state index is 14.9. The molecule has 4 aromatic rings. The van der Waals surface area contributed by atoms with Crippen molar-refractivity contribution >= 4 is 22.5 Å². The average Bonchev–Trinajstić information content (AvgIpc) is 3.12. The third-order valence-corrected chi connectivity index (χ3v) is 12.1. The van der Waals surface area contributed by atoms with Gasteiger partial charge in [-0.05, 0) is 97.9 Å². The number of aliphatic imine (C=N–C) groups is 1. The van der Waals surface area contributed by atoms with E-state index in [0.717, 1.165) is 49.8 Å². The molecule has 8 rings (SSSR count). The molecular formula is C40H50FN7O2. The number of aryl methyl sites for hydroxylation is 1. The highest BCUT2D eigenvalue weighted by Crippen LogP contribution is 2.61. The lowest BCUT2D eigenvalue weighted by Crippen LogP contribution is -2.58. The SMILES string of the molecule is CCN1CCN(C(=N[C@H]2C[C@H]3C[C@@H]([C@@H]2C)C3(C)C)Nc2ccc3c(=O)n(CCc4ccc(OC)cc4F)c(-c4cccnc4)nc3c2)C[C@@H]1C. The van der Waals surface area contributed by atoms with Gasteiger partial charge in [-0.15, -0.1) is 0 Å². The first kappa shape index (κ1) is 34.2. The first-order valence-electron chi connectivity index (χ1n) is 18.2. The van der Waals surface area contributed by atoms with Crippen LogP contribution in [0.5, 0.6) is 5.75 Å². The van der Waals surface area contributed by atoms with Gasteiger partial charge in [0.05, 0.1) is 24.1 Å². The van der Waals surface area contributed by atoms with E-state index >= 15 is 0 Å². The van der Waals surface area contributed by atoms with Gasteiger partial charge in [0.2, 0.25) is 0 Å². The number of likely N-dealkylation sites (N-methyl/N-ethyl adjacent to an activating group) is 1. The second kappa shape index (κ2) is 13.8. The van der Waals surface area contributed by atoms with Crippen LogP contribution < -0.4 is 15.6 Å². The van der Waals surface area contributed by atoms with Crippen molar-refractivity contribution in [3.8, 4) is 17.1 Å². The molecule has 3 heterocycles. The van der Waals surface area contributed by atoms with Gasteiger partial charge in [-0.3, -0.25) is 19.2 Å². The Morgan fingerprint density at radius 1 is 1.12 bits per heavy atom. The molecule has 4 fully saturated rings. The van der Waals surface area contributed by atoms with Gasteiger partial charge in [0.25, 0.3) is 5.56 Å². The molecule has 3 saturated carbocycles. The minimum absolute atomic E-state index is 0.175. The second-order valence-corrected chi connectivity index (χ2v) is 15.1. The number of methoxy groups -OCH3 is 1. The Morgan fingerprint density at radius 3 is 2.64 bits per heavy atom. The molecule has 0 spiro atoms. The number of aromatic nitrogens is 3. The predicted octanol–water partition coefficient (Wildman–Crippen LogP) is 6.71. The van der Waals surface area contributed by atoms with Gasteiger partial charge in [-0.25, -0.2) is 14.4 Å². The smallest absolute Gasteiger partial charge is 0.261 e. The maximum absolute atomic E-state index is 14.9. The highest BCUT2D eigenvalue weighted by molar-refractivity contribution is 5.96. The van der Waals surface area contributed by atoms with Gasteiger partial charge in [-0.2, -0.15) is 0 Å². The number of hydrogen-bond donors (Lipinski definition) is 1. The number of guanidine groups is 1. The van der Waals surface area contributed by atoms with Crippen LogP contribution in [0, 0.1) is 29.0 Å². The van der Waals surface area contributed by atoms with Crippen LogP contribution in [0.15, 0.2) is 70.7 Å². The van der Waals surface area contributed by atoms with E-state index in [1.165, 1.54) is 19.6 Å². The molecular weight excluding hydrogens is 629 g/mol. The summed E-state index contributed by atoms with van der Waals surface area (Å²) in [6, 6.07) is 15.0. The summed E-state index contributed by atoms with van der Waals surface area (Å²) in [5.74, 6) is 3.43. The number of ether oxygens (including phenoxy) is 1. The Bertz CT molecular complexity index is 1940. The molecule has 2 aromatic heterocycles. The number of fused-ring (bicyclic) bond motifs is 3. The number of piperazine rings is 1. The molecule has 10 heteroatoms. The molecule has 1 saturated heterocycles. The van der Waals surface area contributed by atoms with Crippen molar-refractivity contribution in [1.82, 2.24) is 24.3 Å². The molecule has 9 nitrogen and oxygen atoms in total. The van der Waals surface area contributed by atoms with E-state index in [2.05, 4.69) is 54.7 Å². The van der Waals surface area contributed by atoms with E-state index in [-0.39, 0.29) is 24.0 Å². The fourth-order valence-electron chi connectivity index (χ4n) is 8.74. The Labute approximate surface area is 294 Å². The minimum Gasteiger partial charge on any atom is -0.497 e. The van der Waals surface area contributed by atoms with Gasteiger partial charge in [-0.1, -0.05) is 33.8 Å². The summed E-state index contributed by atoms with van der Waals surface area (Å²) in [5, 5.41) is 4.22. The summed E-state index contributed by atoms with van der Waals surface area (Å²) in [4.78, 5) is 33.9. The second-order valence-electron chi connectivity index (χ2n) is 15.1. The van der Waals surface area contributed by atoms with Crippen LogP contribution in [0.2, 0.25) is 0 Å². The molecule has 264 valence electrons. The molecule has 0 amide bonds. The average molecular weight is 680 g/mol. The third-order valence-electron chi connectivity index (χ3n) is 12.1. The van der Waals surface area contributed by atoms with Gasteiger partial charge in [0.1, 0.15) is 17.4 Å². The maximum Gasteiger partial charge on any atom is 0.261 e. The predicted molar refractivity (Wildman–Crippen MR) is 198 cm³/mol. The molecule has 0 radical (unpaired) electrons. The van der Waals surface area contributed by atoms with Crippen molar-refractivity contribution < 1.29 is 9.13 Å². The van der Waals surface area contributed by atoms with E-state index in [9.17, 15) is 9.18 Å². The molecule has 2 bridgehead atoms. The number of halogens is 1. The van der Waals surface area contributed by atoms with Gasteiger partial charge < -0.3 is 15.0 Å². The number of benzene rings is 2. The summed E-state index contributed by atoms with van der Waals surface area (Å²) in [6.45, 7) is 15.9. The Hall–Kier alpha value is -4.31. The monoisotopic (exact) mass is 679 g/mol. The standard InChI is InChI=1S/C40H50FN7O2/c1-7-46-17-18-47(24-25(46)2)39(45-35-20-29-19-33(26(35)3)40(29,4)5)43-30-11-13-32-36(21-30)44-37(28-9-8-15-42-23-28)48(38(32)49)16-14-27-10-12-31(50-6)22-34(27)41/h8-13,15,21-23,25-26,29,33,35H,7,14,16-20,24H2,1-6H3,(H,43,45)/t25-,26-,29+,33-,35-/m0/s1. The molecule has 1 N–H and O–H groups in total. The summed E-state index contributed by atoms with van der Waals surface area (Å²) in [6.07, 6.45) is 6.16. The van der Waals surface area contributed by atoms with E-state index in [0.29, 0.717) is 63.7 Å². The number of hydrogen-bond acceptors (Lipinski definition) is 6. The van der Waals surface area contributed by atoms with E-state index in [1.54, 1.807) is 29.1 Å². The van der Waals surface area contributed by atoms with E-state index in [1.807, 2.05) is 30.3 Å². The van der Waals surface area contributed by atoms with Crippen molar-refractivity contribution in [1.29, 1.82) is 0 Å². The van der Waals surface area contributed by atoms with Crippen molar-refractivity contribution in [2.24, 2.45) is 28.2 Å². The summed E-state index contributed by atoms with van der Waals surface area (Å²) in [7, 11) is 1.51. The first-order chi connectivity index (χ1) is 24.1. The van der Waals surface area contributed by atoms with Gasteiger partial charge >= 0.3 is 0 Å². The number of pyridine rings is 1. The quantitative estimate of drug-likeness (QED) is 0.164. The molecule has 5 atom stereocenters. The summed E-state index contributed by atoms with van der Waals surface area (Å²) < 4.78 is 21.7. The minimum atomic E-state index is -0.365. The highest BCUT2D eigenvalue weighted by Gasteiger charge is 2.56. The lowest BCUT2D eigenvalue weighted by molar-refractivity contribution is -0.108. The first-order valence-corrected chi connectivity index (χ1v) is 18.2. The van der Waals surface area contributed by atoms with Crippen LogP contribution in [0.3, 0.4) is 0 Å². The highest BCUT2D eigenvalue weighted by atomic mass is 19.1. The zero-order valence-corrected chi connectivity index (χ0v) is 30.2. The van der Waals surface area contributed by atoms with Crippen LogP contribution in [0.1, 0.15) is 53.0 Å². The topological polar surface area (TPSA) is 87.9 Å². The summed E-state index contributed by atoms with van der Waals surface area (Å²) >= 11 is 0. The van der Waals surface area contributed by atoms with Gasteiger partial charge in [0.15, 0.2) is 5.96 Å². The molecule has 1 aliphatic heterocycles. The third kappa shape index (κ3) is 6.38. The molecule has 4 aliphatic rings. The van der Waals surface area contributed by atoms with E-state index in [4.69, 9.17) is 14.7 Å². The van der Waals surface area contributed by atoms with Crippen LogP contribution in [-0.4, -0.2) is 75.7 Å². The largest absolute Gasteiger partial charge is 0.497 e. The molecule has 3 aliphatic carbocycles. The molecule has 50 heavy (non-hydrogen) atoms. The van der Waals surface area contributed by atoms with E-state index < -0.39 is 0 Å². The fraction of sp³-hybridized carbons (Fsp3) is 0.500. The van der Waals surface area contributed by atoms with Gasteiger partial charge in [0, 0.05) is 61.9 Å². The normalized spacial score (nSPS) is 25.0. The fourth-order valence-corrected chi connectivity index (χ4v) is 8.74. The number of rotatable bonds is 8. The number of nitrogens with zero attached hydrogens (tertiary/aromatic N) is 6. The molecule has 0 unspecified atom stereocenters. The van der Waals surface area contributed by atoms with Crippen LogP contribution in [0.4, 0.5) is 10.1 Å². The van der Waals surface area contributed by atoms with Crippen molar-refractivity contribution in [2.75, 3.05) is 38.6 Å². The zero-order chi connectivity index (χ0) is 35.2. The van der Waals surface area contributed by atoms with Crippen LogP contribution >= 0.6 is 0 Å². The Kier molecular flexibility index (Phi) is 9.41. The summed E-state index contributed by atoms with van der Waals surface area (Å²) in [5.41, 5.74) is 2.87. The molecule has 2 aromatic carbocycles.